The summed E-state index contributed by atoms with van der Waals surface area (Å²) < 4.78 is 5.64. The Morgan fingerprint density at radius 3 is 2.23 bits per heavy atom. The molecule has 192 valence electrons. The number of ether oxygens (including phenoxy) is 1. The third-order valence-electron chi connectivity index (χ3n) is 7.69. The molecule has 1 atom stereocenters. The van der Waals surface area contributed by atoms with Crippen LogP contribution in [0.5, 0.6) is 5.75 Å². The van der Waals surface area contributed by atoms with Gasteiger partial charge in [-0.25, -0.2) is 0 Å². The van der Waals surface area contributed by atoms with Crippen LogP contribution in [-0.2, 0) is 14.4 Å². The largest absolute Gasteiger partial charge is 0.493 e. The summed E-state index contributed by atoms with van der Waals surface area (Å²) in [5, 5.41) is 0. The zero-order chi connectivity index (χ0) is 24.6. The summed E-state index contributed by atoms with van der Waals surface area (Å²) in [5.74, 6) is 1.29. The van der Waals surface area contributed by atoms with E-state index in [1.165, 1.54) is 6.42 Å². The Bertz CT molecular complexity index is 848. The summed E-state index contributed by atoms with van der Waals surface area (Å²) in [6, 6.07) is 9.86. The number of amides is 3. The normalized spacial score (nSPS) is 22.2. The van der Waals surface area contributed by atoms with Gasteiger partial charge in [-0.2, -0.15) is 0 Å². The van der Waals surface area contributed by atoms with Crippen molar-refractivity contribution < 1.29 is 19.1 Å². The summed E-state index contributed by atoms with van der Waals surface area (Å²) in [6.45, 7) is 7.95. The number of hydrogen-bond donors (Lipinski definition) is 0. The summed E-state index contributed by atoms with van der Waals surface area (Å²) in [4.78, 5) is 46.4. The smallest absolute Gasteiger partial charge is 0.236 e. The van der Waals surface area contributed by atoms with Crippen molar-refractivity contribution in [3.63, 3.8) is 0 Å². The SMILES string of the molecule is CC1CCCCN1C(=O)CN1CCN(C(=O)C2CCN(C(=O)CCOc3ccccc3)CC2)CC1. The van der Waals surface area contributed by atoms with Gasteiger partial charge in [-0.1, -0.05) is 18.2 Å². The Hall–Kier alpha value is -2.61. The molecule has 0 saturated carbocycles. The van der Waals surface area contributed by atoms with E-state index >= 15 is 0 Å². The van der Waals surface area contributed by atoms with Crippen LogP contribution in [-0.4, -0.2) is 102 Å². The summed E-state index contributed by atoms with van der Waals surface area (Å²) >= 11 is 0. The lowest BCUT2D eigenvalue weighted by molar-refractivity contribution is -0.143. The van der Waals surface area contributed by atoms with Crippen molar-refractivity contribution in [2.45, 2.75) is 51.5 Å². The van der Waals surface area contributed by atoms with Crippen LogP contribution in [0.15, 0.2) is 30.3 Å². The van der Waals surface area contributed by atoms with Gasteiger partial charge >= 0.3 is 0 Å². The molecule has 0 aliphatic carbocycles. The maximum Gasteiger partial charge on any atom is 0.236 e. The van der Waals surface area contributed by atoms with Crippen molar-refractivity contribution >= 4 is 17.7 Å². The second kappa shape index (κ2) is 12.4. The Labute approximate surface area is 209 Å². The Balaban J connectivity index is 1.13. The van der Waals surface area contributed by atoms with E-state index in [0.29, 0.717) is 51.8 Å². The first-order valence-electron chi connectivity index (χ1n) is 13.3. The van der Waals surface area contributed by atoms with Gasteiger partial charge in [-0.15, -0.1) is 0 Å². The van der Waals surface area contributed by atoms with Crippen molar-refractivity contribution in [2.75, 3.05) is 59.0 Å². The highest BCUT2D eigenvalue weighted by molar-refractivity contribution is 5.81. The average molecular weight is 485 g/mol. The standard InChI is InChI=1S/C27H40N4O4/c1-22-7-5-6-13-31(22)26(33)21-28-16-18-30(19-17-28)27(34)23-10-14-29(15-11-23)25(32)12-20-35-24-8-3-2-4-9-24/h2-4,8-9,22-23H,5-7,10-21H2,1H3. The van der Waals surface area contributed by atoms with Crippen molar-refractivity contribution in [1.29, 1.82) is 0 Å². The number of piperidine rings is 2. The van der Waals surface area contributed by atoms with Crippen LogP contribution >= 0.6 is 0 Å². The molecule has 8 heteroatoms. The van der Waals surface area contributed by atoms with Gasteiger partial charge in [0.05, 0.1) is 19.6 Å². The summed E-state index contributed by atoms with van der Waals surface area (Å²) in [5.41, 5.74) is 0. The number of para-hydroxylation sites is 1. The molecule has 3 amide bonds. The van der Waals surface area contributed by atoms with Crippen LogP contribution < -0.4 is 4.74 Å². The Kier molecular flexibility index (Phi) is 9.01. The first-order valence-corrected chi connectivity index (χ1v) is 13.3. The van der Waals surface area contributed by atoms with Gasteiger partial charge < -0.3 is 19.4 Å². The molecule has 3 aliphatic heterocycles. The molecule has 3 saturated heterocycles. The van der Waals surface area contributed by atoms with E-state index in [-0.39, 0.29) is 23.6 Å². The van der Waals surface area contributed by atoms with Gasteiger partial charge in [-0.05, 0) is 51.2 Å². The number of nitrogens with zero attached hydrogens (tertiary/aromatic N) is 4. The van der Waals surface area contributed by atoms with E-state index in [9.17, 15) is 14.4 Å². The third-order valence-corrected chi connectivity index (χ3v) is 7.69. The summed E-state index contributed by atoms with van der Waals surface area (Å²) in [7, 11) is 0. The molecule has 0 radical (unpaired) electrons. The minimum atomic E-state index is -0.0120. The molecule has 1 aromatic carbocycles. The van der Waals surface area contributed by atoms with Gasteiger partial charge in [-0.3, -0.25) is 19.3 Å². The fourth-order valence-electron chi connectivity index (χ4n) is 5.44. The Morgan fingerprint density at radius 1 is 0.829 bits per heavy atom. The molecule has 0 N–H and O–H groups in total. The topological polar surface area (TPSA) is 73.4 Å². The van der Waals surface area contributed by atoms with E-state index in [1.807, 2.05) is 45.0 Å². The van der Waals surface area contributed by atoms with E-state index in [4.69, 9.17) is 4.74 Å². The van der Waals surface area contributed by atoms with Crippen molar-refractivity contribution in [1.82, 2.24) is 19.6 Å². The van der Waals surface area contributed by atoms with Crippen LogP contribution in [0.3, 0.4) is 0 Å². The predicted octanol–water partition coefficient (Wildman–Crippen LogP) is 2.24. The number of likely N-dealkylation sites (tertiary alicyclic amines) is 2. The third kappa shape index (κ3) is 6.97. The zero-order valence-electron chi connectivity index (χ0n) is 21.1. The molecule has 3 heterocycles. The van der Waals surface area contributed by atoms with E-state index in [2.05, 4.69) is 11.8 Å². The van der Waals surface area contributed by atoms with Crippen LogP contribution in [0.4, 0.5) is 0 Å². The van der Waals surface area contributed by atoms with Gasteiger partial charge in [0.2, 0.25) is 17.7 Å². The highest BCUT2D eigenvalue weighted by Gasteiger charge is 2.32. The molecule has 4 rings (SSSR count). The van der Waals surface area contributed by atoms with Gasteiger partial charge in [0, 0.05) is 57.8 Å². The molecule has 35 heavy (non-hydrogen) atoms. The van der Waals surface area contributed by atoms with Gasteiger partial charge in [0.15, 0.2) is 0 Å². The highest BCUT2D eigenvalue weighted by Crippen LogP contribution is 2.22. The molecular formula is C27H40N4O4. The van der Waals surface area contributed by atoms with Gasteiger partial charge in [0.1, 0.15) is 5.75 Å². The van der Waals surface area contributed by atoms with Crippen molar-refractivity contribution in [2.24, 2.45) is 5.92 Å². The fraction of sp³-hybridized carbons (Fsp3) is 0.667. The highest BCUT2D eigenvalue weighted by atomic mass is 16.5. The number of carbonyl (C=O) groups excluding carboxylic acids is 3. The zero-order valence-corrected chi connectivity index (χ0v) is 21.1. The molecule has 0 spiro atoms. The fourth-order valence-corrected chi connectivity index (χ4v) is 5.44. The van der Waals surface area contributed by atoms with E-state index < -0.39 is 0 Å². The molecule has 0 aromatic heterocycles. The van der Waals surface area contributed by atoms with Crippen LogP contribution in [0.2, 0.25) is 0 Å². The summed E-state index contributed by atoms with van der Waals surface area (Å²) in [6.07, 6.45) is 5.20. The first-order chi connectivity index (χ1) is 17.0. The number of hydrogen-bond acceptors (Lipinski definition) is 5. The minimum Gasteiger partial charge on any atom is -0.493 e. The molecule has 3 fully saturated rings. The maximum absolute atomic E-state index is 13.1. The number of benzene rings is 1. The van der Waals surface area contributed by atoms with Crippen LogP contribution in [0.25, 0.3) is 0 Å². The lowest BCUT2D eigenvalue weighted by Gasteiger charge is -2.40. The molecule has 1 aromatic rings. The number of carbonyl (C=O) groups is 3. The van der Waals surface area contributed by atoms with Crippen LogP contribution in [0.1, 0.15) is 45.4 Å². The number of rotatable bonds is 7. The van der Waals surface area contributed by atoms with Gasteiger partial charge in [0.25, 0.3) is 0 Å². The Morgan fingerprint density at radius 2 is 1.54 bits per heavy atom. The molecular weight excluding hydrogens is 444 g/mol. The lowest BCUT2D eigenvalue weighted by Crippen LogP contribution is -2.54. The van der Waals surface area contributed by atoms with Crippen LogP contribution in [0, 0.1) is 5.92 Å². The van der Waals surface area contributed by atoms with E-state index in [0.717, 1.165) is 51.1 Å². The molecule has 1 unspecified atom stereocenters. The minimum absolute atomic E-state index is 0.0120. The monoisotopic (exact) mass is 484 g/mol. The first kappa shape index (κ1) is 25.5. The van der Waals surface area contributed by atoms with Crippen molar-refractivity contribution in [3.8, 4) is 5.75 Å². The molecule has 0 bridgehead atoms. The lowest BCUT2D eigenvalue weighted by atomic mass is 9.94. The maximum atomic E-state index is 13.1. The van der Waals surface area contributed by atoms with E-state index in [1.54, 1.807) is 0 Å². The predicted molar refractivity (Wildman–Crippen MR) is 134 cm³/mol. The number of piperazine rings is 1. The molecule has 3 aliphatic rings. The second-order valence-electron chi connectivity index (χ2n) is 10.1. The molecule has 8 nitrogen and oxygen atoms in total. The van der Waals surface area contributed by atoms with Crippen molar-refractivity contribution in [3.05, 3.63) is 30.3 Å². The average Bonchev–Trinajstić information content (AvgIpc) is 2.89. The second-order valence-corrected chi connectivity index (χ2v) is 10.1. The quantitative estimate of drug-likeness (QED) is 0.594.